The zero-order valence-electron chi connectivity index (χ0n) is 9.56. The highest BCUT2D eigenvalue weighted by Gasteiger charge is 2.37. The molecule has 0 amide bonds. The van der Waals surface area contributed by atoms with Gasteiger partial charge in [0.15, 0.2) is 23.3 Å². The maximum Gasteiger partial charge on any atom is 0.211 e. The maximum absolute atomic E-state index is 10.0. The van der Waals surface area contributed by atoms with Gasteiger partial charge in [-0.15, -0.1) is 0 Å². The van der Waals surface area contributed by atoms with E-state index in [-0.39, 0.29) is 11.6 Å². The molecule has 1 aliphatic heterocycles. The van der Waals surface area contributed by atoms with Crippen LogP contribution in [-0.2, 0) is 4.74 Å². The first-order chi connectivity index (χ1) is 9.13. The maximum atomic E-state index is 10.0. The Morgan fingerprint density at radius 3 is 2.89 bits per heavy atom. The van der Waals surface area contributed by atoms with Gasteiger partial charge in [0.2, 0.25) is 6.23 Å². The van der Waals surface area contributed by atoms with Crippen molar-refractivity contribution in [2.24, 2.45) is 0 Å². The fourth-order valence-electron chi connectivity index (χ4n) is 1.94. The van der Waals surface area contributed by atoms with Gasteiger partial charge in [-0.1, -0.05) is 22.6 Å². The molecule has 0 radical (unpaired) electrons. The second kappa shape index (κ2) is 4.49. The Morgan fingerprint density at radius 2 is 2.21 bits per heavy atom. The number of nitrogens with two attached hydrogens (primary N) is 1. The van der Waals surface area contributed by atoms with Crippen molar-refractivity contribution in [1.82, 2.24) is 19.5 Å². The Morgan fingerprint density at radius 1 is 1.42 bits per heavy atom. The number of ether oxygens (including phenoxy) is 1. The number of hydrogen-bond donors (Lipinski definition) is 3. The predicted octanol–water partition coefficient (Wildman–Crippen LogP) is 0.503. The summed E-state index contributed by atoms with van der Waals surface area (Å²) in [7, 11) is 0. The number of anilines is 1. The Balaban J connectivity index is 2.06. The van der Waals surface area contributed by atoms with Crippen LogP contribution in [0.15, 0.2) is 24.2 Å². The van der Waals surface area contributed by atoms with Gasteiger partial charge in [0.25, 0.3) is 0 Å². The minimum absolute atomic E-state index is 0.164. The van der Waals surface area contributed by atoms with Crippen molar-refractivity contribution in [2.45, 2.75) is 12.3 Å². The van der Waals surface area contributed by atoms with Crippen LogP contribution in [0.1, 0.15) is 6.23 Å². The van der Waals surface area contributed by atoms with E-state index >= 15 is 0 Å². The lowest BCUT2D eigenvalue weighted by molar-refractivity contribution is -0.00486. The molecule has 0 bridgehead atoms. The molecule has 0 saturated carbocycles. The van der Waals surface area contributed by atoms with E-state index in [1.165, 1.54) is 17.2 Å². The van der Waals surface area contributed by atoms with E-state index in [0.29, 0.717) is 21.4 Å². The second-order valence-electron chi connectivity index (χ2n) is 3.98. The second-order valence-corrected chi connectivity index (χ2v) is 4.74. The van der Waals surface area contributed by atoms with E-state index in [1.807, 2.05) is 22.6 Å². The third-order valence-electron chi connectivity index (χ3n) is 2.88. The Hall–Kier alpha value is -1.62. The highest BCUT2D eigenvalue weighted by molar-refractivity contribution is 14.1. The molecule has 2 aromatic rings. The summed E-state index contributed by atoms with van der Waals surface area (Å²) in [6.45, 7) is 0. The summed E-state index contributed by atoms with van der Waals surface area (Å²) in [6.07, 6.45) is 0.805. The predicted molar refractivity (Wildman–Crippen MR) is 74.4 cm³/mol. The molecule has 2 atom stereocenters. The Kier molecular flexibility index (Phi) is 2.93. The summed E-state index contributed by atoms with van der Waals surface area (Å²) < 4.78 is 7.50. The number of alkyl halides is 1. The molecule has 4 N–H and O–H groups in total. The van der Waals surface area contributed by atoms with Crippen molar-refractivity contribution in [3.63, 3.8) is 0 Å². The minimum Gasteiger partial charge on any atom is -0.506 e. The topological polar surface area (TPSA) is 119 Å². The van der Waals surface area contributed by atoms with Gasteiger partial charge in [-0.2, -0.15) is 0 Å². The molecule has 100 valence electrons. The molecule has 0 aromatic carbocycles. The van der Waals surface area contributed by atoms with Crippen molar-refractivity contribution in [3.8, 4) is 0 Å². The van der Waals surface area contributed by atoms with Gasteiger partial charge < -0.3 is 20.7 Å². The zero-order chi connectivity index (χ0) is 13.6. The monoisotopic (exact) mass is 375 g/mol. The van der Waals surface area contributed by atoms with Crippen LogP contribution in [0.3, 0.4) is 0 Å². The van der Waals surface area contributed by atoms with Crippen LogP contribution in [0.4, 0.5) is 5.82 Å². The lowest BCUT2D eigenvalue weighted by Gasteiger charge is -2.16. The molecular formula is C10H10IN5O3. The van der Waals surface area contributed by atoms with Gasteiger partial charge >= 0.3 is 0 Å². The number of nitrogen functional groups attached to an aromatic ring is 1. The molecule has 3 rings (SSSR count). The van der Waals surface area contributed by atoms with Crippen LogP contribution in [-0.4, -0.2) is 40.3 Å². The average Bonchev–Trinajstić information content (AvgIpc) is 2.94. The van der Waals surface area contributed by atoms with Crippen molar-refractivity contribution in [1.29, 1.82) is 0 Å². The minimum atomic E-state index is -1.15. The highest BCUT2D eigenvalue weighted by Crippen LogP contribution is 2.34. The number of aromatic nitrogens is 4. The van der Waals surface area contributed by atoms with Crippen molar-refractivity contribution >= 4 is 39.6 Å². The first-order valence-electron chi connectivity index (χ1n) is 5.39. The van der Waals surface area contributed by atoms with E-state index in [0.717, 1.165) is 0 Å². The lowest BCUT2D eigenvalue weighted by atomic mass is 10.3. The molecule has 19 heavy (non-hydrogen) atoms. The number of hydrogen-bond acceptors (Lipinski definition) is 7. The first kappa shape index (κ1) is 12.4. The van der Waals surface area contributed by atoms with Crippen LogP contribution in [0.25, 0.3) is 11.2 Å². The molecular weight excluding hydrogens is 365 g/mol. The van der Waals surface area contributed by atoms with Gasteiger partial charge in [-0.25, -0.2) is 15.0 Å². The molecule has 2 aromatic heterocycles. The Labute approximate surface area is 121 Å². The van der Waals surface area contributed by atoms with Crippen molar-refractivity contribution in [2.75, 3.05) is 10.2 Å². The molecule has 0 aliphatic carbocycles. The van der Waals surface area contributed by atoms with Crippen LogP contribution in [0.5, 0.6) is 0 Å². The number of rotatable bonds is 2. The summed E-state index contributed by atoms with van der Waals surface area (Å²) in [5, 5.41) is 19.8. The third kappa shape index (κ3) is 1.80. The molecule has 0 spiro atoms. The smallest absolute Gasteiger partial charge is 0.211 e. The van der Waals surface area contributed by atoms with Crippen molar-refractivity contribution < 1.29 is 14.9 Å². The molecule has 1 unspecified atom stereocenters. The first-order valence-corrected chi connectivity index (χ1v) is 6.91. The number of allylic oxidation sites excluding steroid dienone is 1. The summed E-state index contributed by atoms with van der Waals surface area (Å²) in [5.74, 6) is 0.438. The van der Waals surface area contributed by atoms with E-state index in [4.69, 9.17) is 10.5 Å². The van der Waals surface area contributed by atoms with Crippen molar-refractivity contribution in [3.05, 3.63) is 24.2 Å². The molecule has 0 saturated heterocycles. The zero-order valence-corrected chi connectivity index (χ0v) is 11.7. The van der Waals surface area contributed by atoms with E-state index in [9.17, 15) is 10.2 Å². The summed E-state index contributed by atoms with van der Waals surface area (Å²) in [6, 6.07) is 0. The van der Waals surface area contributed by atoms with Crippen LogP contribution in [0, 0.1) is 0 Å². The number of aliphatic hydroxyl groups excluding tert-OH is 2. The molecule has 8 nitrogen and oxygen atoms in total. The standard InChI is InChI=1S/C10H10IN5O3/c11-1-4-6(17)7(18)10(19-4)16-3-15-5-8(12)13-2-14-9(5)16/h2-3,7,10,17-18H,1H2,(H2,12,13,14)/t7?,10-/m1/s1. The normalized spacial score (nSPS) is 23.1. The van der Waals surface area contributed by atoms with Crippen LogP contribution in [0.2, 0.25) is 0 Å². The summed E-state index contributed by atoms with van der Waals surface area (Å²) >= 11 is 2.04. The van der Waals surface area contributed by atoms with Gasteiger partial charge in [-0.05, 0) is 0 Å². The van der Waals surface area contributed by atoms with Crippen LogP contribution < -0.4 is 5.73 Å². The Bertz CT molecular complexity index is 670. The van der Waals surface area contributed by atoms with Crippen LogP contribution >= 0.6 is 22.6 Å². The fraction of sp³-hybridized carbons (Fsp3) is 0.300. The van der Waals surface area contributed by atoms with Gasteiger partial charge in [-0.3, -0.25) is 4.57 Å². The van der Waals surface area contributed by atoms with E-state index in [2.05, 4.69) is 15.0 Å². The molecule has 3 heterocycles. The number of nitrogens with zero attached hydrogens (tertiary/aromatic N) is 4. The number of fused-ring (bicyclic) bond motifs is 1. The quantitative estimate of drug-likeness (QED) is 0.517. The molecule has 0 fully saturated rings. The van der Waals surface area contributed by atoms with E-state index in [1.54, 1.807) is 0 Å². The largest absolute Gasteiger partial charge is 0.506 e. The van der Waals surface area contributed by atoms with Gasteiger partial charge in [0, 0.05) is 0 Å². The molecule has 9 heteroatoms. The highest BCUT2D eigenvalue weighted by atomic mass is 127. The molecule has 1 aliphatic rings. The average molecular weight is 375 g/mol. The number of aliphatic hydroxyl groups is 2. The SMILES string of the molecule is Nc1ncnc2c1ncn2[C@@H]1OC(CI)=C(O)C1O. The number of halogens is 1. The summed E-state index contributed by atoms with van der Waals surface area (Å²) in [4.78, 5) is 12.0. The van der Waals surface area contributed by atoms with Gasteiger partial charge in [0.05, 0.1) is 4.43 Å². The summed E-state index contributed by atoms with van der Waals surface area (Å²) in [5.41, 5.74) is 6.57. The van der Waals surface area contributed by atoms with E-state index < -0.39 is 12.3 Å². The third-order valence-corrected chi connectivity index (χ3v) is 3.57. The fourth-order valence-corrected chi connectivity index (χ4v) is 2.51. The number of imidazole rings is 1. The lowest BCUT2D eigenvalue weighted by Crippen LogP contribution is -2.22. The van der Waals surface area contributed by atoms with Gasteiger partial charge in [0.1, 0.15) is 23.9 Å².